The lowest BCUT2D eigenvalue weighted by molar-refractivity contribution is 0.0986. The van der Waals surface area contributed by atoms with Crippen molar-refractivity contribution in [1.29, 1.82) is 0 Å². The lowest BCUT2D eigenvalue weighted by Crippen LogP contribution is -2.32. The molecule has 48 heavy (non-hydrogen) atoms. The molecule has 2 aliphatic rings. The highest BCUT2D eigenvalue weighted by molar-refractivity contribution is 7.16. The maximum Gasteiger partial charge on any atom is 0.412 e. The Morgan fingerprint density at radius 2 is 1.31 bits per heavy atom. The second-order valence-corrected chi connectivity index (χ2v) is 13.5. The van der Waals surface area contributed by atoms with Gasteiger partial charge in [-0.3, -0.25) is 9.59 Å². The Labute approximate surface area is 291 Å². The van der Waals surface area contributed by atoms with Crippen LogP contribution in [-0.4, -0.2) is 68.0 Å². The summed E-state index contributed by atoms with van der Waals surface area (Å²) in [5.74, 6) is 0.218. The van der Waals surface area contributed by atoms with Crippen molar-refractivity contribution in [2.24, 2.45) is 0 Å². The lowest BCUT2D eigenvalue weighted by atomic mass is 9.95. The fourth-order valence-electron chi connectivity index (χ4n) is 6.82. The molecule has 0 fully saturated rings. The summed E-state index contributed by atoms with van der Waals surface area (Å²) in [6.45, 7) is 1.68. The normalized spacial score (nSPS) is 16.7. The van der Waals surface area contributed by atoms with Crippen molar-refractivity contribution in [1.82, 2.24) is 10.6 Å². The largest absolute Gasteiger partial charge is 0.507 e. The molecule has 12 heteroatoms. The van der Waals surface area contributed by atoms with Crippen molar-refractivity contribution in [2.75, 3.05) is 54.8 Å². The summed E-state index contributed by atoms with van der Waals surface area (Å²) in [6, 6.07) is 21.8. The number of thiophene rings is 1. The van der Waals surface area contributed by atoms with Crippen LogP contribution in [0.3, 0.4) is 0 Å². The van der Waals surface area contributed by atoms with Crippen LogP contribution in [0.15, 0.2) is 72.8 Å². The number of alkyl halides is 2. The number of hydrogen-bond donors (Lipinski definition) is 3. The number of amides is 3. The van der Waals surface area contributed by atoms with Crippen molar-refractivity contribution in [3.8, 4) is 11.5 Å². The number of likely N-dealkylation sites (N-methyl/N-ethyl adjacent to an activating group) is 1. The molecule has 3 amide bonds. The zero-order valence-corrected chi connectivity index (χ0v) is 28.3. The number of fused-ring (bicyclic) bond motifs is 6. The van der Waals surface area contributed by atoms with E-state index in [0.29, 0.717) is 64.3 Å². The zero-order chi connectivity index (χ0) is 33.5. The monoisotopic (exact) mass is 702 g/mol. The average molecular weight is 704 g/mol. The van der Waals surface area contributed by atoms with Crippen molar-refractivity contribution in [3.05, 3.63) is 93.7 Å². The van der Waals surface area contributed by atoms with Gasteiger partial charge in [-0.15, -0.1) is 34.5 Å². The van der Waals surface area contributed by atoms with Crippen molar-refractivity contribution >= 4 is 85.4 Å². The van der Waals surface area contributed by atoms with E-state index in [4.69, 9.17) is 27.9 Å². The van der Waals surface area contributed by atoms with Gasteiger partial charge in [0.25, 0.3) is 11.8 Å². The molecule has 0 aliphatic carbocycles. The Morgan fingerprint density at radius 1 is 0.792 bits per heavy atom. The summed E-state index contributed by atoms with van der Waals surface area (Å²) in [5.41, 5.74) is 3.08. The summed E-state index contributed by atoms with van der Waals surface area (Å²) < 4.78 is 5.75. The van der Waals surface area contributed by atoms with Crippen LogP contribution in [-0.2, 0) is 0 Å². The van der Waals surface area contributed by atoms with Crippen LogP contribution in [0, 0.1) is 0 Å². The maximum absolute atomic E-state index is 14.2. The van der Waals surface area contributed by atoms with Crippen LogP contribution in [0.25, 0.3) is 21.5 Å². The molecule has 2 atom stereocenters. The second-order valence-electron chi connectivity index (χ2n) is 11.8. The van der Waals surface area contributed by atoms with E-state index < -0.39 is 6.09 Å². The van der Waals surface area contributed by atoms with E-state index >= 15 is 0 Å². The smallest absolute Gasteiger partial charge is 0.412 e. The number of phenolic OH excluding ortho intramolecular Hbond substituents is 1. The van der Waals surface area contributed by atoms with Gasteiger partial charge >= 0.3 is 6.09 Å². The number of anilines is 2. The molecule has 0 unspecified atom stereocenters. The Balaban J connectivity index is 1.20. The number of nitrogens with one attached hydrogen (secondary N) is 2. The molecule has 0 saturated carbocycles. The predicted octanol–water partition coefficient (Wildman–Crippen LogP) is 7.03. The van der Waals surface area contributed by atoms with Crippen LogP contribution in [0.4, 0.5) is 16.2 Å². The molecule has 0 radical (unpaired) electrons. The number of aromatic hydroxyl groups is 1. The molecular formula is C36H32Cl2N4O5S. The summed E-state index contributed by atoms with van der Waals surface area (Å²) in [7, 11) is 1.79. The molecule has 0 bridgehead atoms. The summed E-state index contributed by atoms with van der Waals surface area (Å²) in [4.78, 5) is 44.8. The highest BCUT2D eigenvalue weighted by Crippen LogP contribution is 2.48. The average Bonchev–Trinajstić information content (AvgIpc) is 3.84. The first kappa shape index (κ1) is 32.2. The first-order valence-corrected chi connectivity index (χ1v) is 17.5. The van der Waals surface area contributed by atoms with Gasteiger partial charge in [-0.2, -0.15) is 0 Å². The minimum absolute atomic E-state index is 0.0901. The number of ether oxygens (including phenoxy) is 1. The van der Waals surface area contributed by atoms with Gasteiger partial charge in [-0.25, -0.2) is 4.79 Å². The van der Waals surface area contributed by atoms with E-state index in [0.717, 1.165) is 38.6 Å². The maximum atomic E-state index is 14.2. The van der Waals surface area contributed by atoms with Gasteiger partial charge in [-0.05, 0) is 41.1 Å². The number of carbonyl (C=O) groups is 3. The number of rotatable bonds is 8. The third-order valence-corrected chi connectivity index (χ3v) is 10.8. The van der Waals surface area contributed by atoms with Gasteiger partial charge in [0.05, 0.1) is 21.1 Å². The quantitative estimate of drug-likeness (QED) is 0.118. The van der Waals surface area contributed by atoms with Crippen LogP contribution in [0.5, 0.6) is 11.5 Å². The number of phenols is 1. The van der Waals surface area contributed by atoms with Crippen LogP contribution in [0.1, 0.15) is 42.3 Å². The van der Waals surface area contributed by atoms with E-state index in [1.807, 2.05) is 48.5 Å². The Morgan fingerprint density at radius 3 is 1.88 bits per heavy atom. The van der Waals surface area contributed by atoms with Crippen LogP contribution in [0.2, 0.25) is 0 Å². The highest BCUT2D eigenvalue weighted by atomic mass is 35.5. The summed E-state index contributed by atoms with van der Waals surface area (Å²) in [5, 5.41) is 19.7. The molecule has 246 valence electrons. The standard InChI is InChI=1S/C36H32Cl2N4O5S/c1-39-12-13-40-36(46)47-29-15-27-33(25-9-5-3-7-23(25)29)21(17-38)19-42(27)35(45)31-11-10-30(48-31)34(44)41-18-20(16-37)32-24-8-4-2-6-22(24)28(43)14-26(32)41/h2-11,14-15,20-21,39,43H,12-13,16-19H2,1H3,(H,40,46)/t20-,21-/m1/s1. The molecule has 9 nitrogen and oxygen atoms in total. The Kier molecular flexibility index (Phi) is 8.91. The highest BCUT2D eigenvalue weighted by Gasteiger charge is 2.38. The molecule has 3 heterocycles. The Bertz CT molecular complexity index is 2080. The van der Waals surface area contributed by atoms with E-state index in [9.17, 15) is 19.5 Å². The molecule has 5 aromatic rings. The van der Waals surface area contributed by atoms with Gasteiger partial charge in [0.15, 0.2) is 0 Å². The van der Waals surface area contributed by atoms with Gasteiger partial charge in [0.2, 0.25) is 0 Å². The first-order valence-electron chi connectivity index (χ1n) is 15.6. The van der Waals surface area contributed by atoms with Crippen LogP contribution < -0.4 is 25.2 Å². The van der Waals surface area contributed by atoms with Crippen molar-refractivity contribution in [3.63, 3.8) is 0 Å². The SMILES string of the molecule is CNCCNC(=O)Oc1cc2c(c3ccccc13)[C@H](CCl)CN2C(=O)c1ccc(C(=O)N2C[C@@H](CCl)c3c2cc(O)c2ccccc32)s1. The second kappa shape index (κ2) is 13.3. The number of halogens is 2. The third kappa shape index (κ3) is 5.52. The summed E-state index contributed by atoms with van der Waals surface area (Å²) in [6.07, 6.45) is -0.595. The van der Waals surface area contributed by atoms with Crippen LogP contribution >= 0.6 is 34.5 Å². The topological polar surface area (TPSA) is 111 Å². The van der Waals surface area contributed by atoms with Gasteiger partial charge in [0.1, 0.15) is 11.5 Å². The minimum Gasteiger partial charge on any atom is -0.507 e. The number of benzene rings is 4. The van der Waals surface area contributed by atoms with E-state index in [2.05, 4.69) is 10.6 Å². The molecule has 4 aromatic carbocycles. The lowest BCUT2D eigenvalue weighted by Gasteiger charge is -2.19. The molecular weight excluding hydrogens is 671 g/mol. The van der Waals surface area contributed by atoms with Crippen molar-refractivity contribution < 1.29 is 24.2 Å². The zero-order valence-electron chi connectivity index (χ0n) is 26.0. The Hall–Kier alpha value is -4.35. The molecule has 1 aromatic heterocycles. The van der Waals surface area contributed by atoms with E-state index in [1.165, 1.54) is 0 Å². The molecule has 0 spiro atoms. The van der Waals surface area contributed by atoms with Gasteiger partial charge in [0, 0.05) is 72.7 Å². The first-order chi connectivity index (χ1) is 23.3. The minimum atomic E-state index is -0.595. The van der Waals surface area contributed by atoms with Gasteiger partial charge in [-0.1, -0.05) is 48.5 Å². The number of carbonyl (C=O) groups excluding carboxylic acids is 3. The van der Waals surface area contributed by atoms with Crippen molar-refractivity contribution in [2.45, 2.75) is 11.8 Å². The fraction of sp³-hybridized carbons (Fsp3) is 0.250. The fourth-order valence-corrected chi connectivity index (χ4v) is 8.23. The summed E-state index contributed by atoms with van der Waals surface area (Å²) >= 11 is 14.0. The number of nitrogens with zero attached hydrogens (tertiary/aromatic N) is 2. The molecule has 2 aliphatic heterocycles. The van der Waals surface area contributed by atoms with Gasteiger partial charge < -0.3 is 30.3 Å². The molecule has 0 saturated heterocycles. The molecule has 7 rings (SSSR count). The van der Waals surface area contributed by atoms with E-state index in [-0.39, 0.29) is 35.3 Å². The molecule has 3 N–H and O–H groups in total. The number of hydrogen-bond acceptors (Lipinski definition) is 7. The predicted molar refractivity (Wildman–Crippen MR) is 192 cm³/mol. The van der Waals surface area contributed by atoms with E-state index in [1.54, 1.807) is 41.1 Å². The third-order valence-electron chi connectivity index (χ3n) is 9.01.